The molecule has 0 aliphatic carbocycles. The highest BCUT2D eigenvalue weighted by atomic mass is 16.2. The number of rotatable bonds is 9. The van der Waals surface area contributed by atoms with Gasteiger partial charge in [0, 0.05) is 13.0 Å². The van der Waals surface area contributed by atoms with Gasteiger partial charge >= 0.3 is 0 Å². The number of carbonyl (C=O) groups excluding carboxylic acids is 2. The maximum atomic E-state index is 13.1. The maximum Gasteiger partial charge on any atom is 0.240 e. The lowest BCUT2D eigenvalue weighted by Gasteiger charge is -2.26. The third-order valence-corrected chi connectivity index (χ3v) is 4.98. The first-order chi connectivity index (χ1) is 11.6. The van der Waals surface area contributed by atoms with E-state index >= 15 is 0 Å². The average Bonchev–Trinajstić information content (AvgIpc) is 2.84. The molecule has 0 saturated carbocycles. The van der Waals surface area contributed by atoms with Crippen molar-refractivity contribution in [1.29, 1.82) is 0 Å². The summed E-state index contributed by atoms with van der Waals surface area (Å²) in [6.07, 6.45) is 3.30. The zero-order chi connectivity index (χ0) is 17.6. The Balaban J connectivity index is 2.15. The monoisotopic (exact) mass is 328 g/mol. The molecular weight excluding hydrogens is 300 g/mol. The van der Waals surface area contributed by atoms with Crippen LogP contribution in [-0.4, -0.2) is 47.8 Å². The fourth-order valence-electron chi connectivity index (χ4n) is 3.53. The minimum Gasteiger partial charge on any atom is -0.304 e. The molecule has 2 rings (SSSR count). The second kappa shape index (κ2) is 8.25. The summed E-state index contributed by atoms with van der Waals surface area (Å²) in [6, 6.07) is 9.64. The van der Waals surface area contributed by atoms with Crippen molar-refractivity contribution < 1.29 is 9.59 Å². The van der Waals surface area contributed by atoms with Crippen molar-refractivity contribution in [1.82, 2.24) is 9.80 Å². The fourth-order valence-corrected chi connectivity index (χ4v) is 3.53. The Kier molecular flexibility index (Phi) is 6.32. The van der Waals surface area contributed by atoms with Crippen LogP contribution in [0.25, 0.3) is 0 Å². The Labute approximate surface area is 145 Å². The second-order valence-corrected chi connectivity index (χ2v) is 6.35. The van der Waals surface area contributed by atoms with Crippen LogP contribution in [0.5, 0.6) is 0 Å². The molecule has 4 nitrogen and oxygen atoms in total. The van der Waals surface area contributed by atoms with E-state index in [2.05, 4.69) is 25.3 Å². The van der Waals surface area contributed by atoms with E-state index in [1.54, 1.807) is 6.08 Å². The van der Waals surface area contributed by atoms with E-state index in [9.17, 15) is 9.59 Å². The molecule has 24 heavy (non-hydrogen) atoms. The zero-order valence-corrected chi connectivity index (χ0v) is 14.8. The third-order valence-electron chi connectivity index (χ3n) is 4.98. The summed E-state index contributed by atoms with van der Waals surface area (Å²) >= 11 is 0. The van der Waals surface area contributed by atoms with Gasteiger partial charge in [0.15, 0.2) is 0 Å². The minimum atomic E-state index is -0.769. The molecule has 0 radical (unpaired) electrons. The van der Waals surface area contributed by atoms with Crippen molar-refractivity contribution in [3.63, 3.8) is 0 Å². The SMILES string of the molecule is C=CCC1(c2ccccc2)CC(=O)N(CCCN(CC)CC)C1=O. The van der Waals surface area contributed by atoms with Crippen molar-refractivity contribution in [2.24, 2.45) is 0 Å². The lowest BCUT2D eigenvalue weighted by Crippen LogP contribution is -2.39. The predicted molar refractivity (Wildman–Crippen MR) is 96.7 cm³/mol. The van der Waals surface area contributed by atoms with E-state index in [-0.39, 0.29) is 18.2 Å². The number of nitrogens with zero attached hydrogens (tertiary/aromatic N) is 2. The molecule has 4 heteroatoms. The maximum absolute atomic E-state index is 13.1. The van der Waals surface area contributed by atoms with Gasteiger partial charge < -0.3 is 4.90 Å². The number of allylic oxidation sites excluding steroid dienone is 1. The first kappa shape index (κ1) is 18.4. The lowest BCUT2D eigenvalue weighted by atomic mass is 9.76. The van der Waals surface area contributed by atoms with Gasteiger partial charge in [-0.15, -0.1) is 6.58 Å². The first-order valence-corrected chi connectivity index (χ1v) is 8.82. The summed E-state index contributed by atoms with van der Waals surface area (Å²) in [5.41, 5.74) is 0.143. The summed E-state index contributed by atoms with van der Waals surface area (Å²) in [5, 5.41) is 0. The summed E-state index contributed by atoms with van der Waals surface area (Å²) in [6.45, 7) is 11.4. The van der Waals surface area contributed by atoms with Gasteiger partial charge in [-0.25, -0.2) is 0 Å². The molecule has 2 amide bonds. The summed E-state index contributed by atoms with van der Waals surface area (Å²) in [5.74, 6) is -0.136. The van der Waals surface area contributed by atoms with E-state index in [1.165, 1.54) is 4.90 Å². The molecule has 1 fully saturated rings. The smallest absolute Gasteiger partial charge is 0.240 e. The largest absolute Gasteiger partial charge is 0.304 e. The second-order valence-electron chi connectivity index (χ2n) is 6.35. The topological polar surface area (TPSA) is 40.6 Å². The Bertz CT molecular complexity index is 581. The Morgan fingerprint density at radius 1 is 1.21 bits per heavy atom. The molecule has 0 spiro atoms. The molecule has 1 heterocycles. The molecule has 0 bridgehead atoms. The molecule has 1 saturated heterocycles. The van der Waals surface area contributed by atoms with E-state index in [0.717, 1.165) is 31.6 Å². The van der Waals surface area contributed by atoms with Crippen LogP contribution >= 0.6 is 0 Å². The van der Waals surface area contributed by atoms with Crippen LogP contribution in [0.3, 0.4) is 0 Å². The number of hydrogen-bond donors (Lipinski definition) is 0. The van der Waals surface area contributed by atoms with Crippen molar-refractivity contribution in [3.8, 4) is 0 Å². The number of benzene rings is 1. The number of likely N-dealkylation sites (tertiary alicyclic amines) is 1. The van der Waals surface area contributed by atoms with E-state index < -0.39 is 5.41 Å². The van der Waals surface area contributed by atoms with E-state index in [1.807, 2.05) is 30.3 Å². The minimum absolute atomic E-state index is 0.0646. The van der Waals surface area contributed by atoms with Gasteiger partial charge in [-0.3, -0.25) is 14.5 Å². The highest BCUT2D eigenvalue weighted by molar-refractivity contribution is 6.09. The Morgan fingerprint density at radius 2 is 1.88 bits per heavy atom. The lowest BCUT2D eigenvalue weighted by molar-refractivity contribution is -0.140. The van der Waals surface area contributed by atoms with Gasteiger partial charge in [0.2, 0.25) is 11.8 Å². The summed E-state index contributed by atoms with van der Waals surface area (Å²) in [4.78, 5) is 29.4. The molecule has 1 unspecified atom stereocenters. The highest BCUT2D eigenvalue weighted by Crippen LogP contribution is 2.40. The summed E-state index contributed by atoms with van der Waals surface area (Å²) in [7, 11) is 0. The molecule has 130 valence electrons. The number of carbonyl (C=O) groups is 2. The Hall–Kier alpha value is -1.94. The zero-order valence-electron chi connectivity index (χ0n) is 14.8. The van der Waals surface area contributed by atoms with Crippen LogP contribution in [0.15, 0.2) is 43.0 Å². The van der Waals surface area contributed by atoms with Gasteiger partial charge in [-0.1, -0.05) is 50.3 Å². The third kappa shape index (κ3) is 3.59. The van der Waals surface area contributed by atoms with Crippen LogP contribution in [-0.2, 0) is 15.0 Å². The molecule has 1 aliphatic rings. The predicted octanol–water partition coefficient (Wildman–Crippen LogP) is 2.99. The van der Waals surface area contributed by atoms with Gasteiger partial charge in [0.05, 0.1) is 5.41 Å². The van der Waals surface area contributed by atoms with Crippen molar-refractivity contribution in [3.05, 3.63) is 48.6 Å². The number of amides is 2. The first-order valence-electron chi connectivity index (χ1n) is 8.82. The highest BCUT2D eigenvalue weighted by Gasteiger charge is 2.51. The molecule has 0 N–H and O–H groups in total. The van der Waals surface area contributed by atoms with Crippen molar-refractivity contribution in [2.45, 2.75) is 38.5 Å². The van der Waals surface area contributed by atoms with Crippen LogP contribution in [0.4, 0.5) is 0 Å². The van der Waals surface area contributed by atoms with Crippen molar-refractivity contribution >= 4 is 11.8 Å². The molecule has 1 aromatic rings. The van der Waals surface area contributed by atoms with Crippen LogP contribution < -0.4 is 0 Å². The van der Waals surface area contributed by atoms with Crippen LogP contribution in [0.2, 0.25) is 0 Å². The van der Waals surface area contributed by atoms with Crippen LogP contribution in [0, 0.1) is 0 Å². The van der Waals surface area contributed by atoms with Crippen LogP contribution in [0.1, 0.15) is 38.7 Å². The molecule has 1 atom stereocenters. The Morgan fingerprint density at radius 3 is 2.46 bits per heavy atom. The van der Waals surface area contributed by atoms with Gasteiger partial charge in [0.1, 0.15) is 0 Å². The fraction of sp³-hybridized carbons (Fsp3) is 0.500. The molecule has 1 aliphatic heterocycles. The average molecular weight is 328 g/mol. The summed E-state index contributed by atoms with van der Waals surface area (Å²) < 4.78 is 0. The molecular formula is C20H28N2O2. The number of imide groups is 1. The normalized spacial score (nSPS) is 20.9. The number of hydrogen-bond acceptors (Lipinski definition) is 3. The van der Waals surface area contributed by atoms with E-state index in [0.29, 0.717) is 13.0 Å². The molecule has 1 aromatic carbocycles. The quantitative estimate of drug-likeness (QED) is 0.517. The van der Waals surface area contributed by atoms with E-state index in [4.69, 9.17) is 0 Å². The standard InChI is InChI=1S/C20H28N2O2/c1-4-13-20(17-11-8-7-9-12-17)16-18(23)22(19(20)24)15-10-14-21(5-2)6-3/h4,7-9,11-12H,1,5-6,10,13-16H2,2-3H3. The van der Waals surface area contributed by atoms with Crippen molar-refractivity contribution in [2.75, 3.05) is 26.2 Å². The molecule has 0 aromatic heterocycles. The van der Waals surface area contributed by atoms with Gasteiger partial charge in [0.25, 0.3) is 0 Å². The van der Waals surface area contributed by atoms with Gasteiger partial charge in [-0.05, 0) is 38.0 Å². The van der Waals surface area contributed by atoms with Gasteiger partial charge in [-0.2, -0.15) is 0 Å².